The monoisotopic (exact) mass is 286 g/mol. The van der Waals surface area contributed by atoms with Gasteiger partial charge in [-0.15, -0.1) is 0 Å². The highest BCUT2D eigenvalue weighted by Gasteiger charge is 2.05. The normalized spacial score (nSPS) is 10.7. The fourth-order valence-corrected chi connectivity index (χ4v) is 1.90. The molecule has 1 aromatic carbocycles. The number of hydrogen-bond acceptors (Lipinski definition) is 4. The van der Waals surface area contributed by atoms with Crippen molar-refractivity contribution in [3.05, 3.63) is 40.5 Å². The Hall–Kier alpha value is -2.45. The number of amides is 1. The molecule has 0 spiro atoms. The summed E-state index contributed by atoms with van der Waals surface area (Å²) in [6.45, 7) is 1.96. The number of carbonyl (C=O) groups excluding carboxylic acids is 1. The van der Waals surface area contributed by atoms with E-state index in [0.717, 1.165) is 16.5 Å². The number of nitrogens with one attached hydrogen (secondary N) is 1. The number of hydrogen-bond donors (Lipinski definition) is 1. The quantitative estimate of drug-likeness (QED) is 0.535. The van der Waals surface area contributed by atoms with E-state index >= 15 is 0 Å². The molecular formula is C14H11ClN4O. The zero-order valence-corrected chi connectivity index (χ0v) is 11.5. The zero-order valence-electron chi connectivity index (χ0n) is 10.7. The van der Waals surface area contributed by atoms with Gasteiger partial charge in [0.05, 0.1) is 17.8 Å². The lowest BCUT2D eigenvalue weighted by Gasteiger charge is -2.04. The molecule has 1 aromatic heterocycles. The largest absolute Gasteiger partial charge is 0.272 e. The van der Waals surface area contributed by atoms with E-state index in [4.69, 9.17) is 16.9 Å². The molecule has 0 aliphatic heterocycles. The van der Waals surface area contributed by atoms with Crippen molar-refractivity contribution in [1.29, 1.82) is 5.26 Å². The van der Waals surface area contributed by atoms with Crippen molar-refractivity contribution in [2.75, 3.05) is 0 Å². The number of aryl methyl sites for hydroxylation is 1. The number of halogens is 1. The minimum Gasteiger partial charge on any atom is -0.272 e. The highest BCUT2D eigenvalue weighted by atomic mass is 35.5. The summed E-state index contributed by atoms with van der Waals surface area (Å²) in [4.78, 5) is 15.4. The molecular weight excluding hydrogens is 276 g/mol. The Morgan fingerprint density at radius 2 is 2.40 bits per heavy atom. The summed E-state index contributed by atoms with van der Waals surface area (Å²) in [7, 11) is 0. The molecule has 0 saturated carbocycles. The second kappa shape index (κ2) is 6.13. The van der Waals surface area contributed by atoms with E-state index in [-0.39, 0.29) is 6.42 Å². The van der Waals surface area contributed by atoms with Gasteiger partial charge in [0.15, 0.2) is 0 Å². The lowest BCUT2D eigenvalue weighted by atomic mass is 10.1. The molecule has 1 amide bonds. The molecule has 0 fully saturated rings. The summed E-state index contributed by atoms with van der Waals surface area (Å²) in [6.07, 6.45) is 1.17. The average molecular weight is 287 g/mol. The summed E-state index contributed by atoms with van der Waals surface area (Å²) in [6, 6.07) is 9.40. The minimum atomic E-state index is -0.468. The van der Waals surface area contributed by atoms with Gasteiger partial charge in [-0.2, -0.15) is 10.4 Å². The van der Waals surface area contributed by atoms with Gasteiger partial charge < -0.3 is 0 Å². The number of nitriles is 1. The number of carbonyl (C=O) groups is 1. The van der Waals surface area contributed by atoms with Crippen molar-refractivity contribution < 1.29 is 4.79 Å². The van der Waals surface area contributed by atoms with Crippen molar-refractivity contribution in [2.24, 2.45) is 5.10 Å². The highest BCUT2D eigenvalue weighted by molar-refractivity contribution is 6.32. The summed E-state index contributed by atoms with van der Waals surface area (Å²) in [5.41, 5.74) is 4.71. The Kier molecular flexibility index (Phi) is 4.28. The molecule has 1 N–H and O–H groups in total. The average Bonchev–Trinajstić information content (AvgIpc) is 2.41. The van der Waals surface area contributed by atoms with E-state index in [1.165, 1.54) is 6.21 Å². The van der Waals surface area contributed by atoms with E-state index in [1.54, 1.807) is 6.07 Å². The van der Waals surface area contributed by atoms with E-state index in [2.05, 4.69) is 15.5 Å². The predicted molar refractivity (Wildman–Crippen MR) is 77.5 cm³/mol. The van der Waals surface area contributed by atoms with Crippen molar-refractivity contribution in [1.82, 2.24) is 10.4 Å². The Morgan fingerprint density at radius 3 is 3.15 bits per heavy atom. The second-order valence-electron chi connectivity index (χ2n) is 4.14. The van der Waals surface area contributed by atoms with E-state index < -0.39 is 5.91 Å². The summed E-state index contributed by atoms with van der Waals surface area (Å²) in [5.74, 6) is -0.468. The van der Waals surface area contributed by atoms with Crippen molar-refractivity contribution in [3.8, 4) is 6.07 Å². The first-order valence-corrected chi connectivity index (χ1v) is 6.24. The maximum Gasteiger partial charge on any atom is 0.254 e. The molecule has 0 radical (unpaired) electrons. The van der Waals surface area contributed by atoms with Crippen LogP contribution >= 0.6 is 11.6 Å². The maximum atomic E-state index is 11.1. The number of fused-ring (bicyclic) bond motifs is 1. The standard InChI is InChI=1S/C14H11ClN4O/c1-9-3-2-4-10-7-11(14(15)18-13(9)10)8-17-19-12(20)5-6-16/h2-4,7-8H,5H2,1H3,(H,19,20)/b17-8+. The van der Waals surface area contributed by atoms with Crippen LogP contribution in [0.4, 0.5) is 0 Å². The summed E-state index contributed by atoms with van der Waals surface area (Å²) >= 11 is 6.08. The Morgan fingerprint density at radius 1 is 1.60 bits per heavy atom. The SMILES string of the molecule is Cc1cccc2cc(/C=N/NC(=O)CC#N)c(Cl)nc12. The van der Waals surface area contributed by atoms with E-state index in [0.29, 0.717) is 10.7 Å². The first-order valence-electron chi connectivity index (χ1n) is 5.86. The number of pyridine rings is 1. The first kappa shape index (κ1) is 14.0. The molecule has 0 atom stereocenters. The van der Waals surface area contributed by atoms with Gasteiger partial charge in [0.25, 0.3) is 5.91 Å². The Labute approximate surface area is 120 Å². The van der Waals surface area contributed by atoms with Crippen LogP contribution < -0.4 is 5.43 Å². The Bertz CT molecular complexity index is 734. The Balaban J connectivity index is 2.27. The van der Waals surface area contributed by atoms with Gasteiger partial charge in [0, 0.05) is 10.9 Å². The summed E-state index contributed by atoms with van der Waals surface area (Å²) < 4.78 is 0. The van der Waals surface area contributed by atoms with Crippen LogP contribution in [0.3, 0.4) is 0 Å². The second-order valence-corrected chi connectivity index (χ2v) is 4.50. The van der Waals surface area contributed by atoms with Crippen LogP contribution in [0, 0.1) is 18.3 Å². The van der Waals surface area contributed by atoms with Gasteiger partial charge >= 0.3 is 0 Å². The molecule has 5 nitrogen and oxygen atoms in total. The number of hydrazone groups is 1. The fraction of sp³-hybridized carbons (Fsp3) is 0.143. The fourth-order valence-electron chi connectivity index (χ4n) is 1.72. The smallest absolute Gasteiger partial charge is 0.254 e. The minimum absolute atomic E-state index is 0.236. The number of rotatable bonds is 3. The molecule has 2 aromatic rings. The van der Waals surface area contributed by atoms with Gasteiger partial charge in [-0.05, 0) is 18.6 Å². The first-order chi connectivity index (χ1) is 9.61. The molecule has 0 saturated heterocycles. The number of nitrogens with zero attached hydrogens (tertiary/aromatic N) is 3. The van der Waals surface area contributed by atoms with Gasteiger partial charge in [0.1, 0.15) is 11.6 Å². The molecule has 0 unspecified atom stereocenters. The molecule has 2 rings (SSSR count). The lowest BCUT2D eigenvalue weighted by Crippen LogP contribution is -2.16. The van der Waals surface area contributed by atoms with Gasteiger partial charge in [-0.25, -0.2) is 10.4 Å². The molecule has 1 heterocycles. The predicted octanol–water partition coefficient (Wildman–Crippen LogP) is 2.56. The van der Waals surface area contributed by atoms with Gasteiger partial charge in [-0.1, -0.05) is 29.8 Å². The van der Waals surface area contributed by atoms with Crippen LogP contribution in [0.2, 0.25) is 5.15 Å². The molecule has 0 aliphatic carbocycles. The van der Waals surface area contributed by atoms with Crippen LogP contribution in [0.5, 0.6) is 0 Å². The van der Waals surface area contributed by atoms with E-state index in [9.17, 15) is 4.79 Å². The third kappa shape index (κ3) is 3.11. The maximum absolute atomic E-state index is 11.1. The van der Waals surface area contributed by atoms with Crippen molar-refractivity contribution in [3.63, 3.8) is 0 Å². The molecule has 20 heavy (non-hydrogen) atoms. The molecule has 0 bridgehead atoms. The van der Waals surface area contributed by atoms with Crippen molar-refractivity contribution >= 4 is 34.6 Å². The third-order valence-electron chi connectivity index (χ3n) is 2.66. The topological polar surface area (TPSA) is 78.1 Å². The lowest BCUT2D eigenvalue weighted by molar-refractivity contribution is -0.120. The van der Waals surface area contributed by atoms with Crippen LogP contribution in [0.1, 0.15) is 17.5 Å². The zero-order chi connectivity index (χ0) is 14.5. The van der Waals surface area contributed by atoms with Crippen LogP contribution in [0.15, 0.2) is 29.4 Å². The third-order valence-corrected chi connectivity index (χ3v) is 2.96. The number of benzene rings is 1. The van der Waals surface area contributed by atoms with Gasteiger partial charge in [0.2, 0.25) is 0 Å². The van der Waals surface area contributed by atoms with Crippen LogP contribution in [-0.4, -0.2) is 17.1 Å². The van der Waals surface area contributed by atoms with E-state index in [1.807, 2.05) is 31.2 Å². The molecule has 100 valence electrons. The number of para-hydroxylation sites is 1. The molecule has 0 aliphatic rings. The summed E-state index contributed by atoms with van der Waals surface area (Å²) in [5, 5.41) is 13.4. The highest BCUT2D eigenvalue weighted by Crippen LogP contribution is 2.21. The van der Waals surface area contributed by atoms with Crippen LogP contribution in [-0.2, 0) is 4.79 Å². The van der Waals surface area contributed by atoms with Crippen LogP contribution in [0.25, 0.3) is 10.9 Å². The number of aromatic nitrogens is 1. The van der Waals surface area contributed by atoms with Gasteiger partial charge in [-0.3, -0.25) is 4.79 Å². The molecule has 6 heteroatoms. The van der Waals surface area contributed by atoms with Crippen molar-refractivity contribution in [2.45, 2.75) is 13.3 Å².